The summed E-state index contributed by atoms with van der Waals surface area (Å²) in [4.78, 5) is 28.3. The van der Waals surface area contributed by atoms with Gasteiger partial charge in [-0.15, -0.1) is 0 Å². The Hall–Kier alpha value is -3.80. The highest BCUT2D eigenvalue weighted by atomic mass is 16.1. The zero-order valence-electron chi connectivity index (χ0n) is 19.2. The highest BCUT2D eigenvalue weighted by Crippen LogP contribution is 2.27. The van der Waals surface area contributed by atoms with Crippen LogP contribution in [0.5, 0.6) is 0 Å². The second kappa shape index (κ2) is 11.6. The zero-order chi connectivity index (χ0) is 23.7. The van der Waals surface area contributed by atoms with Crippen LogP contribution in [0, 0.1) is 0 Å². The zero-order valence-corrected chi connectivity index (χ0v) is 19.2. The fourth-order valence-corrected chi connectivity index (χ4v) is 3.35. The highest BCUT2D eigenvalue weighted by Gasteiger charge is 2.20. The van der Waals surface area contributed by atoms with Crippen molar-refractivity contribution in [1.82, 2.24) is 9.80 Å². The molecule has 2 amide bonds. The average molecular weight is 433 g/mol. The number of rotatable bonds is 10. The van der Waals surface area contributed by atoms with Gasteiger partial charge in [0.25, 0.3) is 5.91 Å². The van der Waals surface area contributed by atoms with Crippen LogP contribution < -0.4 is 11.1 Å². The summed E-state index contributed by atoms with van der Waals surface area (Å²) in [5.41, 5.74) is 10.1. The van der Waals surface area contributed by atoms with E-state index in [1.165, 1.54) is 0 Å². The summed E-state index contributed by atoms with van der Waals surface area (Å²) in [6.45, 7) is 7.84. The van der Waals surface area contributed by atoms with Crippen molar-refractivity contribution in [3.8, 4) is 0 Å². The molecule has 0 saturated carbocycles. The van der Waals surface area contributed by atoms with E-state index in [2.05, 4.69) is 11.9 Å². The molecule has 0 aliphatic heterocycles. The molecule has 0 radical (unpaired) electrons. The topological polar surface area (TPSA) is 78.7 Å². The van der Waals surface area contributed by atoms with Crippen LogP contribution in [-0.2, 0) is 4.79 Å². The van der Waals surface area contributed by atoms with Gasteiger partial charge >= 0.3 is 0 Å². The number of hydrogen-bond donors (Lipinski definition) is 2. The molecular formula is C26H32N4O2. The Kier molecular flexibility index (Phi) is 8.83. The van der Waals surface area contributed by atoms with E-state index in [-0.39, 0.29) is 11.9 Å². The van der Waals surface area contributed by atoms with Gasteiger partial charge in [-0.25, -0.2) is 0 Å². The number of carbonyl (C=O) groups is 2. The Balaban J connectivity index is 2.28. The van der Waals surface area contributed by atoms with Gasteiger partial charge in [-0.1, -0.05) is 43.0 Å². The third-order valence-corrected chi connectivity index (χ3v) is 5.25. The van der Waals surface area contributed by atoms with E-state index in [0.29, 0.717) is 23.4 Å². The molecule has 0 spiro atoms. The summed E-state index contributed by atoms with van der Waals surface area (Å²) < 4.78 is 0. The third kappa shape index (κ3) is 5.88. The van der Waals surface area contributed by atoms with E-state index >= 15 is 0 Å². The van der Waals surface area contributed by atoms with Crippen LogP contribution in [0.15, 0.2) is 84.7 Å². The van der Waals surface area contributed by atoms with Gasteiger partial charge in [0.05, 0.1) is 23.1 Å². The Morgan fingerprint density at radius 2 is 1.81 bits per heavy atom. The number of hydrogen-bond acceptors (Lipinski definition) is 4. The first-order valence-corrected chi connectivity index (χ1v) is 10.5. The number of amides is 2. The maximum absolute atomic E-state index is 12.6. The second-order valence-electron chi connectivity index (χ2n) is 7.56. The molecule has 32 heavy (non-hydrogen) atoms. The number of benzene rings is 2. The first-order chi connectivity index (χ1) is 15.3. The summed E-state index contributed by atoms with van der Waals surface area (Å²) in [6.07, 6.45) is 7.23. The molecule has 2 rings (SSSR count). The van der Waals surface area contributed by atoms with Crippen molar-refractivity contribution in [2.24, 2.45) is 0 Å². The normalized spacial score (nSPS) is 12.6. The van der Waals surface area contributed by atoms with Gasteiger partial charge in [-0.2, -0.15) is 0 Å². The van der Waals surface area contributed by atoms with E-state index in [4.69, 9.17) is 5.73 Å². The minimum atomic E-state index is -0.248. The van der Waals surface area contributed by atoms with Crippen LogP contribution >= 0.6 is 0 Å². The summed E-state index contributed by atoms with van der Waals surface area (Å²) >= 11 is 0. The Morgan fingerprint density at radius 1 is 1.16 bits per heavy atom. The van der Waals surface area contributed by atoms with E-state index < -0.39 is 0 Å². The van der Waals surface area contributed by atoms with Gasteiger partial charge in [-0.3, -0.25) is 9.59 Å². The van der Waals surface area contributed by atoms with Crippen molar-refractivity contribution in [2.45, 2.75) is 26.3 Å². The van der Waals surface area contributed by atoms with Crippen LogP contribution in [0.25, 0.3) is 0 Å². The lowest BCUT2D eigenvalue weighted by Crippen LogP contribution is -2.28. The molecule has 2 aromatic carbocycles. The van der Waals surface area contributed by atoms with Gasteiger partial charge in [0.1, 0.15) is 0 Å². The Bertz CT molecular complexity index is 1010. The van der Waals surface area contributed by atoms with Crippen LogP contribution in [0.3, 0.4) is 0 Å². The molecule has 0 aliphatic carbocycles. The van der Waals surface area contributed by atoms with Gasteiger partial charge in [0, 0.05) is 31.8 Å². The average Bonchev–Trinajstić information content (AvgIpc) is 2.79. The largest absolute Gasteiger partial charge is 0.397 e. The first-order valence-electron chi connectivity index (χ1n) is 10.5. The van der Waals surface area contributed by atoms with Gasteiger partial charge in [0.2, 0.25) is 6.41 Å². The maximum atomic E-state index is 12.6. The fraction of sp³-hybridized carbons (Fsp3) is 0.231. The van der Waals surface area contributed by atoms with Crippen molar-refractivity contribution < 1.29 is 9.59 Å². The lowest BCUT2D eigenvalue weighted by atomic mass is 10.0. The van der Waals surface area contributed by atoms with E-state index in [1.807, 2.05) is 69.3 Å². The molecule has 6 heteroatoms. The van der Waals surface area contributed by atoms with Gasteiger partial charge in [0.15, 0.2) is 0 Å². The minimum absolute atomic E-state index is 0.247. The number of nitrogen functional groups attached to an aromatic ring is 1. The molecule has 0 aromatic heterocycles. The van der Waals surface area contributed by atoms with Crippen molar-refractivity contribution in [3.05, 3.63) is 95.9 Å². The molecule has 0 aliphatic rings. The molecule has 3 N–H and O–H groups in total. The molecular weight excluding hydrogens is 400 g/mol. The standard InChI is InChI=1S/C26H32N4O2/c1-6-8-13-25(29(4)5)24(7-2)30(18-31)19(3)20-14-16-21(17-15-20)26(32)28-23-12-10-9-11-22(23)27/h6-12,14-19H,2,13,27H2,1,3-5H3,(H,28,32)/b8-6-,25-24-. The number of carbonyl (C=O) groups excluding carboxylic acids is 2. The SMILES string of the molecule is C=C/C(=C(\C/C=C\C)N(C)C)N(C=O)C(C)c1ccc(C(=O)Nc2ccccc2N)cc1. The lowest BCUT2D eigenvalue weighted by molar-refractivity contribution is -0.118. The van der Waals surface area contributed by atoms with Crippen molar-refractivity contribution in [1.29, 1.82) is 0 Å². The number of nitrogens with one attached hydrogen (secondary N) is 1. The molecule has 0 heterocycles. The molecule has 168 valence electrons. The molecule has 0 fully saturated rings. The predicted octanol–water partition coefficient (Wildman–Crippen LogP) is 4.97. The number of nitrogens with two attached hydrogens (primary N) is 1. The molecule has 0 saturated heterocycles. The van der Waals surface area contributed by atoms with E-state index in [1.54, 1.807) is 35.2 Å². The quantitative estimate of drug-likeness (QED) is 0.241. The summed E-state index contributed by atoms with van der Waals surface area (Å²) in [5, 5.41) is 2.82. The van der Waals surface area contributed by atoms with Crippen LogP contribution in [-0.4, -0.2) is 36.2 Å². The van der Waals surface area contributed by atoms with E-state index in [9.17, 15) is 9.59 Å². The van der Waals surface area contributed by atoms with Crippen molar-refractivity contribution in [3.63, 3.8) is 0 Å². The fourth-order valence-electron chi connectivity index (χ4n) is 3.35. The van der Waals surface area contributed by atoms with Crippen LogP contribution in [0.1, 0.15) is 42.2 Å². The number of nitrogens with zero attached hydrogens (tertiary/aromatic N) is 2. The number of para-hydroxylation sites is 2. The molecule has 2 aromatic rings. The molecule has 6 nitrogen and oxygen atoms in total. The molecule has 1 unspecified atom stereocenters. The monoisotopic (exact) mass is 432 g/mol. The van der Waals surface area contributed by atoms with Crippen molar-refractivity contribution >= 4 is 23.7 Å². The highest BCUT2D eigenvalue weighted by molar-refractivity contribution is 6.05. The van der Waals surface area contributed by atoms with Crippen LogP contribution in [0.4, 0.5) is 11.4 Å². The summed E-state index contributed by atoms with van der Waals surface area (Å²) in [7, 11) is 3.89. The second-order valence-corrected chi connectivity index (χ2v) is 7.56. The first kappa shape index (κ1) is 24.5. The Morgan fingerprint density at radius 3 is 2.34 bits per heavy atom. The maximum Gasteiger partial charge on any atom is 0.255 e. The molecule has 1 atom stereocenters. The third-order valence-electron chi connectivity index (χ3n) is 5.25. The van der Waals surface area contributed by atoms with E-state index in [0.717, 1.165) is 23.4 Å². The Labute approximate surface area is 190 Å². The number of anilines is 2. The molecule has 0 bridgehead atoms. The minimum Gasteiger partial charge on any atom is -0.397 e. The summed E-state index contributed by atoms with van der Waals surface area (Å²) in [6, 6.07) is 14.1. The lowest BCUT2D eigenvalue weighted by Gasteiger charge is -2.30. The summed E-state index contributed by atoms with van der Waals surface area (Å²) in [5.74, 6) is -0.248. The smallest absolute Gasteiger partial charge is 0.255 e. The van der Waals surface area contributed by atoms with Gasteiger partial charge < -0.3 is 20.9 Å². The number of allylic oxidation sites excluding steroid dienone is 3. The predicted molar refractivity (Wildman–Crippen MR) is 132 cm³/mol. The van der Waals surface area contributed by atoms with Gasteiger partial charge in [-0.05, 0) is 49.8 Å². The van der Waals surface area contributed by atoms with Crippen molar-refractivity contribution in [2.75, 3.05) is 25.1 Å². The van der Waals surface area contributed by atoms with Crippen LogP contribution in [0.2, 0.25) is 0 Å².